The average Bonchev–Trinajstić information content (AvgIpc) is 2.33. The van der Waals surface area contributed by atoms with Crippen molar-refractivity contribution in [2.24, 2.45) is 0 Å². The van der Waals surface area contributed by atoms with Crippen molar-refractivity contribution in [3.63, 3.8) is 0 Å². The normalized spacial score (nSPS) is 11.3. The molecule has 1 rings (SSSR count). The Kier molecular flexibility index (Phi) is 5.52. The molecule has 0 aliphatic carbocycles. The molecule has 18 heavy (non-hydrogen) atoms. The molecule has 1 radical (unpaired) electrons. The van der Waals surface area contributed by atoms with E-state index in [1.165, 1.54) is 18.9 Å². The molecule has 0 aliphatic rings. The summed E-state index contributed by atoms with van der Waals surface area (Å²) >= 11 is 0. The SMILES string of the molecule is COC[CH]OOC(=O)c1ccc([Si](C)(C)C)cc1. The van der Waals surface area contributed by atoms with Crippen molar-refractivity contribution >= 4 is 19.2 Å². The van der Waals surface area contributed by atoms with E-state index < -0.39 is 14.0 Å². The Bertz CT molecular complexity index is 381. The lowest BCUT2D eigenvalue weighted by Crippen LogP contribution is -2.37. The Morgan fingerprint density at radius 3 is 2.33 bits per heavy atom. The zero-order valence-corrected chi connectivity index (χ0v) is 12.2. The Balaban J connectivity index is 2.54. The summed E-state index contributed by atoms with van der Waals surface area (Å²) in [4.78, 5) is 20.8. The Hall–Kier alpha value is -1.17. The highest BCUT2D eigenvalue weighted by molar-refractivity contribution is 6.88. The van der Waals surface area contributed by atoms with Crippen LogP contribution in [0.15, 0.2) is 24.3 Å². The van der Waals surface area contributed by atoms with Crippen LogP contribution < -0.4 is 5.19 Å². The molecular formula is C13H19O4Si. The van der Waals surface area contributed by atoms with Crippen molar-refractivity contribution in [1.82, 2.24) is 0 Å². The third kappa shape index (κ3) is 4.60. The number of rotatable bonds is 6. The van der Waals surface area contributed by atoms with Crippen LogP contribution in [0.5, 0.6) is 0 Å². The first-order valence-electron chi connectivity index (χ1n) is 5.74. The lowest BCUT2D eigenvalue weighted by molar-refractivity contribution is -0.217. The maximum atomic E-state index is 11.6. The fraction of sp³-hybridized carbons (Fsp3) is 0.385. The molecule has 0 spiro atoms. The summed E-state index contributed by atoms with van der Waals surface area (Å²) in [7, 11) is 0.191. The zero-order valence-electron chi connectivity index (χ0n) is 11.2. The van der Waals surface area contributed by atoms with E-state index in [0.29, 0.717) is 5.56 Å². The van der Waals surface area contributed by atoms with Crippen molar-refractivity contribution in [3.8, 4) is 0 Å². The Morgan fingerprint density at radius 2 is 1.83 bits per heavy atom. The maximum absolute atomic E-state index is 11.6. The first-order chi connectivity index (χ1) is 8.45. The van der Waals surface area contributed by atoms with E-state index in [4.69, 9.17) is 4.74 Å². The molecule has 0 saturated heterocycles. The Labute approximate surface area is 109 Å². The summed E-state index contributed by atoms with van der Waals surface area (Å²) in [5.41, 5.74) is 0.475. The van der Waals surface area contributed by atoms with E-state index in [1.807, 2.05) is 12.1 Å². The summed E-state index contributed by atoms with van der Waals surface area (Å²) in [6, 6.07) is 7.47. The molecule has 5 heteroatoms. The summed E-state index contributed by atoms with van der Waals surface area (Å²) in [5, 5.41) is 1.30. The number of hydrogen-bond acceptors (Lipinski definition) is 4. The standard InChI is InChI=1S/C13H19O4Si/c1-15-9-10-16-17-13(14)11-5-7-12(8-6-11)18(2,3)4/h5-8,10H,9H2,1-4H3. The highest BCUT2D eigenvalue weighted by atomic mass is 28.3. The van der Waals surface area contributed by atoms with Crippen LogP contribution in [-0.4, -0.2) is 27.8 Å². The van der Waals surface area contributed by atoms with Gasteiger partial charge in [0.15, 0.2) is 6.61 Å². The molecular weight excluding hydrogens is 248 g/mol. The molecule has 0 N–H and O–H groups in total. The van der Waals surface area contributed by atoms with Gasteiger partial charge in [0.25, 0.3) is 0 Å². The molecule has 0 saturated carbocycles. The third-order valence-electron chi connectivity index (χ3n) is 2.41. The number of carbonyl (C=O) groups is 1. The van der Waals surface area contributed by atoms with Crippen LogP contribution in [0.4, 0.5) is 0 Å². The maximum Gasteiger partial charge on any atom is 0.373 e. The molecule has 4 nitrogen and oxygen atoms in total. The second-order valence-electron chi connectivity index (χ2n) is 4.92. The topological polar surface area (TPSA) is 44.8 Å². The number of methoxy groups -OCH3 is 1. The average molecular weight is 267 g/mol. The highest BCUT2D eigenvalue weighted by Gasteiger charge is 2.17. The molecule has 0 atom stereocenters. The molecule has 0 amide bonds. The van der Waals surface area contributed by atoms with Crippen LogP contribution in [0.25, 0.3) is 0 Å². The van der Waals surface area contributed by atoms with Gasteiger partial charge in [-0.3, -0.25) is 4.89 Å². The number of ether oxygens (including phenoxy) is 1. The second-order valence-corrected chi connectivity index (χ2v) is 9.99. The molecule has 0 aromatic heterocycles. The van der Waals surface area contributed by atoms with Gasteiger partial charge in [-0.25, -0.2) is 4.79 Å². The van der Waals surface area contributed by atoms with Gasteiger partial charge in [0, 0.05) is 7.11 Å². The largest absolute Gasteiger partial charge is 0.382 e. The minimum atomic E-state index is -1.33. The van der Waals surface area contributed by atoms with Crippen molar-refractivity contribution < 1.29 is 19.3 Å². The monoisotopic (exact) mass is 267 g/mol. The van der Waals surface area contributed by atoms with Crippen molar-refractivity contribution in [3.05, 3.63) is 36.4 Å². The van der Waals surface area contributed by atoms with Crippen LogP contribution in [0.3, 0.4) is 0 Å². The van der Waals surface area contributed by atoms with Crippen molar-refractivity contribution in [2.75, 3.05) is 13.7 Å². The molecule has 1 aromatic rings. The van der Waals surface area contributed by atoms with Crippen LogP contribution >= 0.6 is 0 Å². The number of hydrogen-bond donors (Lipinski definition) is 0. The van der Waals surface area contributed by atoms with E-state index >= 15 is 0 Å². The fourth-order valence-electron chi connectivity index (χ4n) is 1.33. The van der Waals surface area contributed by atoms with Gasteiger partial charge in [-0.1, -0.05) is 37.0 Å². The van der Waals surface area contributed by atoms with Crippen LogP contribution in [-0.2, 0) is 14.5 Å². The van der Waals surface area contributed by atoms with Gasteiger partial charge in [0.05, 0.1) is 20.2 Å². The van der Waals surface area contributed by atoms with E-state index in [-0.39, 0.29) is 6.61 Å². The van der Waals surface area contributed by atoms with E-state index in [0.717, 1.165) is 0 Å². The van der Waals surface area contributed by atoms with E-state index in [2.05, 4.69) is 29.4 Å². The first-order valence-corrected chi connectivity index (χ1v) is 9.24. The molecule has 0 fully saturated rings. The summed E-state index contributed by atoms with van der Waals surface area (Å²) in [6.45, 7) is 8.30. The molecule has 0 unspecified atom stereocenters. The van der Waals surface area contributed by atoms with Crippen LogP contribution in [0.1, 0.15) is 10.4 Å². The van der Waals surface area contributed by atoms with Gasteiger partial charge in [-0.15, -0.1) is 0 Å². The molecule has 99 valence electrons. The van der Waals surface area contributed by atoms with Gasteiger partial charge in [-0.2, -0.15) is 4.89 Å². The van der Waals surface area contributed by atoms with Crippen LogP contribution in [0, 0.1) is 6.61 Å². The third-order valence-corrected chi connectivity index (χ3v) is 4.48. The Morgan fingerprint density at radius 1 is 1.22 bits per heavy atom. The summed E-state index contributed by atoms with van der Waals surface area (Å²) in [6.07, 6.45) is 0. The summed E-state index contributed by atoms with van der Waals surface area (Å²) in [5.74, 6) is -0.510. The van der Waals surface area contributed by atoms with Gasteiger partial charge >= 0.3 is 5.97 Å². The number of benzene rings is 1. The quantitative estimate of drug-likeness (QED) is 0.343. The number of carbonyl (C=O) groups excluding carboxylic acids is 1. The summed E-state index contributed by atoms with van der Waals surface area (Å²) < 4.78 is 4.72. The lowest BCUT2D eigenvalue weighted by Gasteiger charge is -2.16. The van der Waals surface area contributed by atoms with Gasteiger partial charge in [0.1, 0.15) is 0 Å². The van der Waals surface area contributed by atoms with E-state index in [1.54, 1.807) is 12.1 Å². The first kappa shape index (κ1) is 14.9. The van der Waals surface area contributed by atoms with Crippen LogP contribution in [0.2, 0.25) is 19.6 Å². The fourth-order valence-corrected chi connectivity index (χ4v) is 2.49. The highest BCUT2D eigenvalue weighted by Crippen LogP contribution is 2.06. The smallest absolute Gasteiger partial charge is 0.373 e. The zero-order chi connectivity index (χ0) is 13.6. The van der Waals surface area contributed by atoms with Gasteiger partial charge < -0.3 is 4.74 Å². The predicted octanol–water partition coefficient (Wildman–Crippen LogP) is 2.13. The molecule has 0 bridgehead atoms. The minimum absolute atomic E-state index is 0.266. The second kappa shape index (κ2) is 6.68. The molecule has 0 aliphatic heterocycles. The van der Waals surface area contributed by atoms with Gasteiger partial charge in [0.2, 0.25) is 0 Å². The molecule has 0 heterocycles. The van der Waals surface area contributed by atoms with Crippen molar-refractivity contribution in [1.29, 1.82) is 0 Å². The lowest BCUT2D eigenvalue weighted by atomic mass is 10.2. The van der Waals surface area contributed by atoms with Gasteiger partial charge in [-0.05, 0) is 12.1 Å². The predicted molar refractivity (Wildman–Crippen MR) is 72.1 cm³/mol. The minimum Gasteiger partial charge on any atom is -0.382 e. The van der Waals surface area contributed by atoms with Crippen molar-refractivity contribution in [2.45, 2.75) is 19.6 Å². The van der Waals surface area contributed by atoms with E-state index in [9.17, 15) is 4.79 Å². The molecule has 1 aromatic carbocycles.